The third kappa shape index (κ3) is 3.30. The van der Waals surface area contributed by atoms with Crippen LogP contribution in [0, 0.1) is 26.2 Å². The Hall–Kier alpha value is -2.01. The fraction of sp³-hybridized carbons (Fsp3) is 0.267. The summed E-state index contributed by atoms with van der Waals surface area (Å²) < 4.78 is 5.16. The van der Waals surface area contributed by atoms with Gasteiger partial charge in [-0.25, -0.2) is 9.78 Å². The second-order valence-corrected chi connectivity index (χ2v) is 5.77. The zero-order chi connectivity index (χ0) is 14.7. The molecule has 0 saturated heterocycles. The Kier molecular flexibility index (Phi) is 4.29. The molecular formula is C15H16N2O2S. The lowest BCUT2D eigenvalue weighted by molar-refractivity contribution is 0.0563. The van der Waals surface area contributed by atoms with Crippen molar-refractivity contribution in [3.05, 3.63) is 51.0 Å². The summed E-state index contributed by atoms with van der Waals surface area (Å²) in [6.07, 6.45) is 0. The highest BCUT2D eigenvalue weighted by Crippen LogP contribution is 2.18. The maximum atomic E-state index is 11.9. The normalized spacial score (nSPS) is 10.3. The molecule has 2 rings (SSSR count). The van der Waals surface area contributed by atoms with Gasteiger partial charge in [-0.3, -0.25) is 0 Å². The maximum absolute atomic E-state index is 11.9. The fourth-order valence-corrected chi connectivity index (χ4v) is 2.64. The standard InChI is InChI=1S/C15H16N2O2S/c1-9-4-6-12(7-5-9)15(18)19-8-13(16)14-10(2)17-11(3)20-14/h4-7,16H,8H2,1-3H3. The van der Waals surface area contributed by atoms with Gasteiger partial charge in [0.25, 0.3) is 0 Å². The lowest BCUT2D eigenvalue weighted by Gasteiger charge is -2.05. The van der Waals surface area contributed by atoms with E-state index in [2.05, 4.69) is 4.98 Å². The van der Waals surface area contributed by atoms with E-state index in [0.29, 0.717) is 5.56 Å². The van der Waals surface area contributed by atoms with Gasteiger partial charge < -0.3 is 10.1 Å². The molecule has 0 unspecified atom stereocenters. The van der Waals surface area contributed by atoms with Crippen molar-refractivity contribution < 1.29 is 9.53 Å². The van der Waals surface area contributed by atoms with E-state index in [1.165, 1.54) is 11.3 Å². The van der Waals surface area contributed by atoms with Crippen LogP contribution in [0.2, 0.25) is 0 Å². The Morgan fingerprint density at radius 1 is 1.25 bits per heavy atom. The number of nitrogens with zero attached hydrogens (tertiary/aromatic N) is 1. The summed E-state index contributed by atoms with van der Waals surface area (Å²) in [6, 6.07) is 7.17. The van der Waals surface area contributed by atoms with Gasteiger partial charge in [-0.1, -0.05) is 17.7 Å². The number of rotatable bonds is 4. The van der Waals surface area contributed by atoms with Crippen LogP contribution in [0.4, 0.5) is 0 Å². The monoisotopic (exact) mass is 288 g/mol. The van der Waals surface area contributed by atoms with E-state index in [4.69, 9.17) is 10.1 Å². The quantitative estimate of drug-likeness (QED) is 0.693. The summed E-state index contributed by atoms with van der Waals surface area (Å²) in [5.74, 6) is -0.409. The molecule has 5 heteroatoms. The lowest BCUT2D eigenvalue weighted by atomic mass is 10.1. The van der Waals surface area contributed by atoms with Crippen LogP contribution in [-0.2, 0) is 4.74 Å². The van der Waals surface area contributed by atoms with Gasteiger partial charge in [0, 0.05) is 0 Å². The van der Waals surface area contributed by atoms with Gasteiger partial charge in [0.1, 0.15) is 6.61 Å². The molecule has 0 saturated carbocycles. The van der Waals surface area contributed by atoms with Crippen LogP contribution in [-0.4, -0.2) is 23.3 Å². The second-order valence-electron chi connectivity index (χ2n) is 4.57. The van der Waals surface area contributed by atoms with E-state index >= 15 is 0 Å². The molecule has 1 aromatic carbocycles. The molecule has 1 N–H and O–H groups in total. The molecular weight excluding hydrogens is 272 g/mol. The number of ether oxygens (including phenoxy) is 1. The van der Waals surface area contributed by atoms with Crippen LogP contribution in [0.1, 0.15) is 31.5 Å². The van der Waals surface area contributed by atoms with Crippen LogP contribution in [0.25, 0.3) is 0 Å². The summed E-state index contributed by atoms with van der Waals surface area (Å²) in [6.45, 7) is 5.68. The van der Waals surface area contributed by atoms with Crippen molar-refractivity contribution in [1.82, 2.24) is 4.98 Å². The molecule has 0 aliphatic carbocycles. The van der Waals surface area contributed by atoms with Crippen LogP contribution in [0.3, 0.4) is 0 Å². The summed E-state index contributed by atoms with van der Waals surface area (Å²) in [5.41, 5.74) is 2.68. The molecule has 0 atom stereocenters. The number of hydrogen-bond acceptors (Lipinski definition) is 5. The minimum atomic E-state index is -0.409. The van der Waals surface area contributed by atoms with Crippen molar-refractivity contribution in [3.63, 3.8) is 0 Å². The largest absolute Gasteiger partial charge is 0.456 e. The molecule has 0 fully saturated rings. The Labute approximate surface area is 121 Å². The lowest BCUT2D eigenvalue weighted by Crippen LogP contribution is -2.14. The van der Waals surface area contributed by atoms with E-state index in [0.717, 1.165) is 21.1 Å². The number of benzene rings is 1. The Morgan fingerprint density at radius 3 is 2.45 bits per heavy atom. The number of carbonyl (C=O) groups excluding carboxylic acids is 1. The Bertz CT molecular complexity index is 644. The first-order chi connectivity index (χ1) is 9.47. The van der Waals surface area contributed by atoms with Gasteiger partial charge in [0.15, 0.2) is 0 Å². The SMILES string of the molecule is Cc1ccc(C(=O)OCC(=N)c2sc(C)nc2C)cc1. The van der Waals surface area contributed by atoms with Crippen molar-refractivity contribution >= 4 is 23.0 Å². The van der Waals surface area contributed by atoms with Crippen molar-refractivity contribution in [2.75, 3.05) is 6.61 Å². The van der Waals surface area contributed by atoms with Gasteiger partial charge in [-0.2, -0.15) is 0 Å². The predicted molar refractivity (Wildman–Crippen MR) is 79.9 cm³/mol. The topological polar surface area (TPSA) is 63.0 Å². The van der Waals surface area contributed by atoms with E-state index in [1.54, 1.807) is 12.1 Å². The Balaban J connectivity index is 1.98. The summed E-state index contributed by atoms with van der Waals surface area (Å²) >= 11 is 1.44. The van der Waals surface area contributed by atoms with Gasteiger partial charge in [-0.05, 0) is 32.9 Å². The minimum Gasteiger partial charge on any atom is -0.456 e. The fourth-order valence-electron chi connectivity index (χ4n) is 1.79. The summed E-state index contributed by atoms with van der Waals surface area (Å²) in [7, 11) is 0. The van der Waals surface area contributed by atoms with Gasteiger partial charge >= 0.3 is 5.97 Å². The molecule has 4 nitrogen and oxygen atoms in total. The van der Waals surface area contributed by atoms with E-state index < -0.39 is 5.97 Å². The molecule has 104 valence electrons. The molecule has 0 bridgehead atoms. The van der Waals surface area contributed by atoms with Crippen LogP contribution >= 0.6 is 11.3 Å². The maximum Gasteiger partial charge on any atom is 0.338 e. The van der Waals surface area contributed by atoms with Crippen LogP contribution in [0.15, 0.2) is 24.3 Å². The van der Waals surface area contributed by atoms with Gasteiger partial charge in [0.05, 0.1) is 26.9 Å². The molecule has 1 aromatic heterocycles. The first-order valence-electron chi connectivity index (χ1n) is 6.23. The number of hydrogen-bond donors (Lipinski definition) is 1. The van der Waals surface area contributed by atoms with E-state index in [9.17, 15) is 4.79 Å². The molecule has 0 amide bonds. The first-order valence-corrected chi connectivity index (χ1v) is 7.04. The van der Waals surface area contributed by atoms with Gasteiger partial charge in [0.2, 0.25) is 0 Å². The zero-order valence-electron chi connectivity index (χ0n) is 11.7. The molecule has 0 spiro atoms. The predicted octanol–water partition coefficient (Wildman–Crippen LogP) is 3.29. The average molecular weight is 288 g/mol. The van der Waals surface area contributed by atoms with Crippen LogP contribution < -0.4 is 0 Å². The molecule has 0 radical (unpaired) electrons. The van der Waals surface area contributed by atoms with Gasteiger partial charge in [-0.15, -0.1) is 11.3 Å². The van der Waals surface area contributed by atoms with Crippen molar-refractivity contribution in [2.45, 2.75) is 20.8 Å². The number of carbonyl (C=O) groups is 1. The van der Waals surface area contributed by atoms with Crippen molar-refractivity contribution in [2.24, 2.45) is 0 Å². The highest BCUT2D eigenvalue weighted by Gasteiger charge is 2.13. The minimum absolute atomic E-state index is 0.0326. The number of aryl methyl sites for hydroxylation is 3. The van der Waals surface area contributed by atoms with Crippen LogP contribution in [0.5, 0.6) is 0 Å². The highest BCUT2D eigenvalue weighted by atomic mass is 32.1. The summed E-state index contributed by atoms with van der Waals surface area (Å²) in [5, 5.41) is 8.88. The van der Waals surface area contributed by atoms with E-state index in [-0.39, 0.29) is 12.3 Å². The molecule has 1 heterocycles. The number of aromatic nitrogens is 1. The first kappa shape index (κ1) is 14.4. The van der Waals surface area contributed by atoms with Crippen molar-refractivity contribution in [1.29, 1.82) is 5.41 Å². The third-order valence-electron chi connectivity index (χ3n) is 2.81. The Morgan fingerprint density at radius 2 is 1.90 bits per heavy atom. The smallest absolute Gasteiger partial charge is 0.338 e. The third-order valence-corrected chi connectivity index (χ3v) is 3.95. The average Bonchev–Trinajstić information content (AvgIpc) is 2.75. The highest BCUT2D eigenvalue weighted by molar-refractivity contribution is 7.13. The van der Waals surface area contributed by atoms with E-state index in [1.807, 2.05) is 32.9 Å². The summed E-state index contributed by atoms with van der Waals surface area (Å²) in [4.78, 5) is 16.9. The number of nitrogens with one attached hydrogen (secondary N) is 1. The second kappa shape index (κ2) is 5.96. The molecule has 0 aliphatic rings. The zero-order valence-corrected chi connectivity index (χ0v) is 12.5. The molecule has 0 aliphatic heterocycles. The number of thiazole rings is 1. The van der Waals surface area contributed by atoms with Crippen molar-refractivity contribution in [3.8, 4) is 0 Å². The number of esters is 1. The molecule has 20 heavy (non-hydrogen) atoms. The molecule has 2 aromatic rings.